The fourth-order valence-corrected chi connectivity index (χ4v) is 6.23. The molecule has 11 heteroatoms. The van der Waals surface area contributed by atoms with Gasteiger partial charge < -0.3 is 10.1 Å². The van der Waals surface area contributed by atoms with Crippen molar-refractivity contribution >= 4 is 67.8 Å². The van der Waals surface area contributed by atoms with E-state index in [4.69, 9.17) is 27.9 Å². The summed E-state index contributed by atoms with van der Waals surface area (Å²) in [6, 6.07) is 4.60. The van der Waals surface area contributed by atoms with E-state index in [1.54, 1.807) is 13.8 Å². The molecule has 0 saturated heterocycles. The molecular weight excluding hydrogens is 447 g/mol. The molecule has 0 bridgehead atoms. The Labute approximate surface area is 176 Å². The maximum atomic E-state index is 13.5. The summed E-state index contributed by atoms with van der Waals surface area (Å²) in [7, 11) is -4.31. The Balaban J connectivity index is 2.17. The van der Waals surface area contributed by atoms with Crippen LogP contribution >= 0.6 is 34.5 Å². The maximum absolute atomic E-state index is 13.5. The van der Waals surface area contributed by atoms with Crippen LogP contribution in [0.1, 0.15) is 30.4 Å². The number of nitrogens with zero attached hydrogens (tertiary/aromatic N) is 1. The Kier molecular flexibility index (Phi) is 5.64. The normalized spacial score (nSPS) is 16.7. The van der Waals surface area contributed by atoms with Crippen molar-refractivity contribution in [2.24, 2.45) is 0 Å². The Hall–Kier alpha value is -1.81. The second-order valence-corrected chi connectivity index (χ2v) is 10.2. The number of hydrogen-bond donors (Lipinski definition) is 1. The zero-order valence-electron chi connectivity index (χ0n) is 15.0. The van der Waals surface area contributed by atoms with Gasteiger partial charge in [0.25, 0.3) is 10.0 Å². The van der Waals surface area contributed by atoms with Gasteiger partial charge in [-0.2, -0.15) is 0 Å². The molecule has 3 rings (SSSR count). The lowest BCUT2D eigenvalue weighted by atomic mass is 10.1. The Bertz CT molecular complexity index is 1070. The highest BCUT2D eigenvalue weighted by molar-refractivity contribution is 7.93. The van der Waals surface area contributed by atoms with Gasteiger partial charge in [0.15, 0.2) is 0 Å². The number of carbonyl (C=O) groups is 2. The average molecular weight is 463 g/mol. The van der Waals surface area contributed by atoms with Crippen molar-refractivity contribution in [3.05, 3.63) is 38.5 Å². The van der Waals surface area contributed by atoms with Crippen molar-refractivity contribution in [1.82, 2.24) is 0 Å². The monoisotopic (exact) mass is 462 g/mol. The van der Waals surface area contributed by atoms with Gasteiger partial charge in [-0.15, -0.1) is 11.3 Å². The van der Waals surface area contributed by atoms with Gasteiger partial charge in [0.1, 0.15) is 15.8 Å². The number of amides is 1. The predicted octanol–water partition coefficient (Wildman–Crippen LogP) is 4.16. The van der Waals surface area contributed by atoms with Gasteiger partial charge in [0.2, 0.25) is 5.91 Å². The molecule has 1 aromatic carbocycles. The molecule has 1 N–H and O–H groups in total. The zero-order valence-corrected chi connectivity index (χ0v) is 18.2. The van der Waals surface area contributed by atoms with Crippen LogP contribution in [0, 0.1) is 0 Å². The van der Waals surface area contributed by atoms with Crippen LogP contribution in [0.2, 0.25) is 9.36 Å². The molecule has 7 nitrogen and oxygen atoms in total. The second kappa shape index (κ2) is 7.55. The molecule has 0 saturated carbocycles. The average Bonchev–Trinajstić information content (AvgIpc) is 2.98. The van der Waals surface area contributed by atoms with Gasteiger partial charge in [0, 0.05) is 5.02 Å². The van der Waals surface area contributed by atoms with Crippen molar-refractivity contribution in [3.63, 3.8) is 0 Å². The summed E-state index contributed by atoms with van der Waals surface area (Å²) in [6.45, 7) is 4.75. The molecule has 1 atom stereocenters. The second-order valence-electron chi connectivity index (χ2n) is 6.33. The number of halogens is 2. The first kappa shape index (κ1) is 20.9. The van der Waals surface area contributed by atoms with Crippen molar-refractivity contribution in [1.29, 1.82) is 0 Å². The molecule has 2 aromatic rings. The SMILES string of the molecule is CC(C)OC(=O)c1sc(Cl)cc1S(=O)(=O)N1c2ccc(Cl)cc2NC(=O)C1C. The number of ether oxygens (including phenoxy) is 1. The van der Waals surface area contributed by atoms with Crippen LogP contribution < -0.4 is 9.62 Å². The molecule has 1 aliphatic heterocycles. The van der Waals surface area contributed by atoms with Crippen LogP contribution in [0.5, 0.6) is 0 Å². The van der Waals surface area contributed by atoms with Crippen LogP contribution in [-0.4, -0.2) is 32.4 Å². The van der Waals surface area contributed by atoms with Crippen LogP contribution in [-0.2, 0) is 19.6 Å². The summed E-state index contributed by atoms with van der Waals surface area (Å²) in [5.74, 6) is -1.32. The number of fused-ring (bicyclic) bond motifs is 1. The standard InChI is InChI=1S/C17H16Cl2N2O5S2/c1-8(2)26-17(23)15-13(7-14(19)27-15)28(24,25)21-9(3)16(22)20-11-6-10(18)4-5-12(11)21/h4-9H,1-3H3,(H,20,22). The third-order valence-corrected chi connectivity index (χ3v) is 7.44. The number of rotatable bonds is 4. The lowest BCUT2D eigenvalue weighted by molar-refractivity contribution is -0.117. The minimum atomic E-state index is -4.31. The largest absolute Gasteiger partial charge is 0.459 e. The number of nitrogens with one attached hydrogen (secondary N) is 1. The molecule has 1 unspecified atom stereocenters. The quantitative estimate of drug-likeness (QED) is 0.688. The van der Waals surface area contributed by atoms with Crippen molar-refractivity contribution in [3.8, 4) is 0 Å². The van der Waals surface area contributed by atoms with Crippen LogP contribution in [0.25, 0.3) is 0 Å². The molecule has 28 heavy (non-hydrogen) atoms. The Morgan fingerprint density at radius 1 is 1.29 bits per heavy atom. The molecule has 1 aromatic heterocycles. The molecule has 0 radical (unpaired) electrons. The Morgan fingerprint density at radius 3 is 2.61 bits per heavy atom. The topological polar surface area (TPSA) is 92.8 Å². The molecule has 0 spiro atoms. The molecule has 2 heterocycles. The first-order chi connectivity index (χ1) is 13.0. The number of thiophene rings is 1. The van der Waals surface area contributed by atoms with Gasteiger partial charge in [-0.1, -0.05) is 23.2 Å². The number of anilines is 2. The minimum absolute atomic E-state index is 0.111. The van der Waals surface area contributed by atoms with Crippen molar-refractivity contribution < 1.29 is 22.7 Å². The molecule has 0 aliphatic carbocycles. The van der Waals surface area contributed by atoms with E-state index < -0.39 is 34.0 Å². The van der Waals surface area contributed by atoms with Crippen LogP contribution in [0.3, 0.4) is 0 Å². The highest BCUT2D eigenvalue weighted by Gasteiger charge is 2.41. The van der Waals surface area contributed by atoms with Crippen molar-refractivity contribution in [2.45, 2.75) is 37.8 Å². The molecule has 150 valence electrons. The third kappa shape index (κ3) is 3.71. The maximum Gasteiger partial charge on any atom is 0.350 e. The fourth-order valence-electron chi connectivity index (χ4n) is 2.74. The van der Waals surface area contributed by atoms with E-state index in [-0.39, 0.29) is 25.5 Å². The summed E-state index contributed by atoms with van der Waals surface area (Å²) >= 11 is 12.8. The minimum Gasteiger partial charge on any atom is -0.459 e. The lowest BCUT2D eigenvalue weighted by Gasteiger charge is -2.35. The van der Waals surface area contributed by atoms with Crippen molar-refractivity contribution in [2.75, 3.05) is 9.62 Å². The van der Waals surface area contributed by atoms with Gasteiger partial charge in [-0.3, -0.25) is 9.10 Å². The molecule has 1 amide bonds. The summed E-state index contributed by atoms with van der Waals surface area (Å²) in [6.07, 6.45) is -0.438. The van der Waals surface area contributed by atoms with E-state index >= 15 is 0 Å². The van der Waals surface area contributed by atoms with E-state index in [0.29, 0.717) is 5.02 Å². The van der Waals surface area contributed by atoms with Crippen LogP contribution in [0.4, 0.5) is 11.4 Å². The third-order valence-electron chi connectivity index (χ3n) is 3.92. The molecule has 1 aliphatic rings. The predicted molar refractivity (Wildman–Crippen MR) is 109 cm³/mol. The summed E-state index contributed by atoms with van der Waals surface area (Å²) in [4.78, 5) is 24.3. The first-order valence-electron chi connectivity index (χ1n) is 8.17. The van der Waals surface area contributed by atoms with Gasteiger partial charge in [-0.05, 0) is 45.0 Å². The van der Waals surface area contributed by atoms with E-state index in [0.717, 1.165) is 15.6 Å². The summed E-state index contributed by atoms with van der Waals surface area (Å²) < 4.78 is 33.1. The zero-order chi connectivity index (χ0) is 20.8. The summed E-state index contributed by atoms with van der Waals surface area (Å²) in [5, 5.41) is 2.97. The summed E-state index contributed by atoms with van der Waals surface area (Å²) in [5.41, 5.74) is 0.494. The number of hydrogen-bond acceptors (Lipinski definition) is 6. The van der Waals surface area contributed by atoms with Gasteiger partial charge >= 0.3 is 5.97 Å². The van der Waals surface area contributed by atoms with E-state index in [2.05, 4.69) is 5.32 Å². The number of esters is 1. The lowest BCUT2D eigenvalue weighted by Crippen LogP contribution is -2.49. The smallest absolute Gasteiger partial charge is 0.350 e. The fraction of sp³-hybridized carbons (Fsp3) is 0.294. The van der Waals surface area contributed by atoms with E-state index in [9.17, 15) is 18.0 Å². The highest BCUT2D eigenvalue weighted by atomic mass is 35.5. The van der Waals surface area contributed by atoms with Gasteiger partial charge in [-0.25, -0.2) is 13.2 Å². The Morgan fingerprint density at radius 2 is 1.96 bits per heavy atom. The van der Waals surface area contributed by atoms with Crippen LogP contribution in [0.15, 0.2) is 29.2 Å². The first-order valence-corrected chi connectivity index (χ1v) is 11.2. The number of carbonyl (C=O) groups excluding carboxylic acids is 2. The molecule has 0 fully saturated rings. The number of benzene rings is 1. The number of sulfonamides is 1. The van der Waals surface area contributed by atoms with Gasteiger partial charge in [0.05, 0.1) is 21.8 Å². The van der Waals surface area contributed by atoms with E-state index in [1.807, 2.05) is 0 Å². The highest BCUT2D eigenvalue weighted by Crippen LogP contribution is 2.40. The van der Waals surface area contributed by atoms with E-state index in [1.165, 1.54) is 31.2 Å². The molecular formula is C17H16Cl2N2O5S2.